The molecule has 2 N–H and O–H groups in total. The molecule has 1 aromatic rings. The maximum Gasteiger partial charge on any atom is 0.250 e. The topological polar surface area (TPSA) is 58.2 Å². The molecule has 0 amide bonds. The van der Waals surface area contributed by atoms with Crippen LogP contribution in [0.4, 0.5) is 0 Å². The summed E-state index contributed by atoms with van der Waals surface area (Å²) < 4.78 is 27.5. The molecule has 2 rings (SSSR count). The highest BCUT2D eigenvalue weighted by atomic mass is 32.2. The van der Waals surface area contributed by atoms with Crippen LogP contribution in [0, 0.1) is 5.92 Å². The third-order valence-electron chi connectivity index (χ3n) is 3.28. The molecule has 0 aromatic carbocycles. The fraction of sp³-hybridized carbons (Fsp3) is 0.667. The Morgan fingerprint density at radius 2 is 2.22 bits per heavy atom. The first-order valence-electron chi connectivity index (χ1n) is 6.32. The van der Waals surface area contributed by atoms with Gasteiger partial charge in [-0.2, -0.15) is 0 Å². The maximum atomic E-state index is 12.1. The molecule has 102 valence electrons. The second-order valence-electron chi connectivity index (χ2n) is 4.71. The minimum Gasteiger partial charge on any atom is -0.319 e. The molecular weight excluding hydrogens is 268 g/mol. The van der Waals surface area contributed by atoms with Gasteiger partial charge in [-0.15, -0.1) is 11.3 Å². The molecule has 1 aromatic heterocycles. The predicted octanol–water partition coefficient (Wildman–Crippen LogP) is 1.59. The van der Waals surface area contributed by atoms with Crippen LogP contribution in [0.5, 0.6) is 0 Å². The highest BCUT2D eigenvalue weighted by molar-refractivity contribution is 7.91. The predicted molar refractivity (Wildman–Crippen MR) is 74.5 cm³/mol. The molecule has 0 saturated heterocycles. The van der Waals surface area contributed by atoms with Crippen molar-refractivity contribution in [3.63, 3.8) is 0 Å². The average molecular weight is 288 g/mol. The molecule has 18 heavy (non-hydrogen) atoms. The normalized spacial score (nSPS) is 23.2. The van der Waals surface area contributed by atoms with Gasteiger partial charge < -0.3 is 5.32 Å². The van der Waals surface area contributed by atoms with Gasteiger partial charge in [0.2, 0.25) is 10.0 Å². The molecule has 1 aliphatic rings. The van der Waals surface area contributed by atoms with E-state index in [9.17, 15) is 8.42 Å². The Hall–Kier alpha value is -0.430. The monoisotopic (exact) mass is 288 g/mol. The first kappa shape index (κ1) is 14.0. The van der Waals surface area contributed by atoms with Gasteiger partial charge >= 0.3 is 0 Å². The van der Waals surface area contributed by atoms with Gasteiger partial charge in [0.25, 0.3) is 0 Å². The molecule has 0 bridgehead atoms. The van der Waals surface area contributed by atoms with Crippen molar-refractivity contribution < 1.29 is 8.42 Å². The Morgan fingerprint density at radius 1 is 1.44 bits per heavy atom. The van der Waals surface area contributed by atoms with Crippen LogP contribution in [0.3, 0.4) is 0 Å². The molecule has 6 heteroatoms. The summed E-state index contributed by atoms with van der Waals surface area (Å²) in [7, 11) is -1.40. The van der Waals surface area contributed by atoms with E-state index in [2.05, 4.69) is 17.0 Å². The maximum absolute atomic E-state index is 12.1. The van der Waals surface area contributed by atoms with Gasteiger partial charge in [0, 0.05) is 10.9 Å². The number of sulfonamides is 1. The SMILES string of the molecule is CCC1CC1NS(=O)(=O)c1ccc(CCNC)s1. The van der Waals surface area contributed by atoms with Crippen molar-refractivity contribution >= 4 is 21.4 Å². The highest BCUT2D eigenvalue weighted by Crippen LogP contribution is 2.35. The highest BCUT2D eigenvalue weighted by Gasteiger charge is 2.38. The summed E-state index contributed by atoms with van der Waals surface area (Å²) in [6.07, 6.45) is 2.90. The Bertz CT molecular complexity index is 496. The van der Waals surface area contributed by atoms with Crippen LogP contribution in [-0.2, 0) is 16.4 Å². The van der Waals surface area contributed by atoms with E-state index in [1.807, 2.05) is 13.1 Å². The van der Waals surface area contributed by atoms with E-state index in [4.69, 9.17) is 0 Å². The number of hydrogen-bond acceptors (Lipinski definition) is 4. The summed E-state index contributed by atoms with van der Waals surface area (Å²) in [6.45, 7) is 2.97. The number of likely N-dealkylation sites (N-methyl/N-ethyl adjacent to an activating group) is 1. The smallest absolute Gasteiger partial charge is 0.250 e. The van der Waals surface area contributed by atoms with Crippen molar-refractivity contribution in [1.82, 2.24) is 10.0 Å². The zero-order valence-electron chi connectivity index (χ0n) is 10.8. The lowest BCUT2D eigenvalue weighted by molar-refractivity contribution is 0.578. The van der Waals surface area contributed by atoms with Gasteiger partial charge in [0.1, 0.15) is 4.21 Å². The van der Waals surface area contributed by atoms with E-state index >= 15 is 0 Å². The Balaban J connectivity index is 1.99. The summed E-state index contributed by atoms with van der Waals surface area (Å²) in [5.74, 6) is 0.531. The lowest BCUT2D eigenvalue weighted by Gasteiger charge is -2.03. The molecule has 2 atom stereocenters. The first-order chi connectivity index (χ1) is 8.56. The number of rotatable bonds is 7. The van der Waals surface area contributed by atoms with Gasteiger partial charge in [-0.05, 0) is 44.5 Å². The van der Waals surface area contributed by atoms with Crippen molar-refractivity contribution in [1.29, 1.82) is 0 Å². The second kappa shape index (κ2) is 5.69. The molecule has 4 nitrogen and oxygen atoms in total. The molecule has 0 aliphatic heterocycles. The third kappa shape index (κ3) is 3.32. The summed E-state index contributed by atoms with van der Waals surface area (Å²) >= 11 is 1.37. The molecule has 1 heterocycles. The first-order valence-corrected chi connectivity index (χ1v) is 8.62. The van der Waals surface area contributed by atoms with Crippen LogP contribution < -0.4 is 10.0 Å². The van der Waals surface area contributed by atoms with Crippen molar-refractivity contribution in [3.05, 3.63) is 17.0 Å². The van der Waals surface area contributed by atoms with Crippen LogP contribution in [0.25, 0.3) is 0 Å². The Morgan fingerprint density at radius 3 is 2.83 bits per heavy atom. The zero-order chi connectivity index (χ0) is 13.2. The zero-order valence-corrected chi connectivity index (χ0v) is 12.4. The van der Waals surface area contributed by atoms with Crippen molar-refractivity contribution in [3.8, 4) is 0 Å². The summed E-state index contributed by atoms with van der Waals surface area (Å²) in [5.41, 5.74) is 0. The quantitative estimate of drug-likeness (QED) is 0.801. The second-order valence-corrected chi connectivity index (χ2v) is 7.82. The molecular formula is C12H20N2O2S2. The van der Waals surface area contributed by atoms with Crippen molar-refractivity contribution in [2.75, 3.05) is 13.6 Å². The van der Waals surface area contributed by atoms with Gasteiger partial charge in [0.15, 0.2) is 0 Å². The molecule has 0 spiro atoms. The minimum atomic E-state index is -3.30. The summed E-state index contributed by atoms with van der Waals surface area (Å²) in [6, 6.07) is 3.77. The van der Waals surface area contributed by atoms with Crippen LogP contribution in [-0.4, -0.2) is 28.1 Å². The van der Waals surface area contributed by atoms with Gasteiger partial charge in [-0.1, -0.05) is 13.3 Å². The van der Waals surface area contributed by atoms with Crippen LogP contribution in [0.15, 0.2) is 16.3 Å². The molecule has 1 fully saturated rings. The fourth-order valence-electron chi connectivity index (χ4n) is 1.99. The van der Waals surface area contributed by atoms with Crippen LogP contribution in [0.2, 0.25) is 0 Å². The Labute approximate surface area is 113 Å². The minimum absolute atomic E-state index is 0.155. The van der Waals surface area contributed by atoms with E-state index in [0.29, 0.717) is 10.1 Å². The standard InChI is InChI=1S/C12H20N2O2S2/c1-3-9-8-11(9)14-18(15,16)12-5-4-10(17-12)6-7-13-2/h4-5,9,11,13-14H,3,6-8H2,1-2H3. The van der Waals surface area contributed by atoms with Crippen LogP contribution >= 0.6 is 11.3 Å². The summed E-state index contributed by atoms with van der Waals surface area (Å²) in [4.78, 5) is 1.10. The lowest BCUT2D eigenvalue weighted by Crippen LogP contribution is -2.26. The van der Waals surface area contributed by atoms with Gasteiger partial charge in [0.05, 0.1) is 0 Å². The average Bonchev–Trinajstić information content (AvgIpc) is 2.89. The molecule has 1 saturated carbocycles. The number of nitrogens with one attached hydrogen (secondary N) is 2. The van der Waals surface area contributed by atoms with Crippen molar-refractivity contribution in [2.24, 2.45) is 5.92 Å². The van der Waals surface area contributed by atoms with E-state index in [1.54, 1.807) is 6.07 Å². The Kier molecular flexibility index (Phi) is 4.42. The van der Waals surface area contributed by atoms with E-state index < -0.39 is 10.0 Å². The molecule has 1 aliphatic carbocycles. The van der Waals surface area contributed by atoms with Crippen molar-refractivity contribution in [2.45, 2.75) is 36.4 Å². The largest absolute Gasteiger partial charge is 0.319 e. The summed E-state index contributed by atoms with van der Waals surface area (Å²) in [5, 5.41) is 3.06. The van der Waals surface area contributed by atoms with E-state index in [-0.39, 0.29) is 6.04 Å². The lowest BCUT2D eigenvalue weighted by atomic mass is 10.3. The molecule has 2 unspecified atom stereocenters. The fourth-order valence-corrected chi connectivity index (χ4v) is 4.68. The van der Waals surface area contributed by atoms with Gasteiger partial charge in [-0.25, -0.2) is 13.1 Å². The van der Waals surface area contributed by atoms with Gasteiger partial charge in [-0.3, -0.25) is 0 Å². The number of thiophene rings is 1. The van der Waals surface area contributed by atoms with E-state index in [0.717, 1.165) is 30.7 Å². The third-order valence-corrected chi connectivity index (χ3v) is 6.40. The number of hydrogen-bond donors (Lipinski definition) is 2. The van der Waals surface area contributed by atoms with E-state index in [1.165, 1.54) is 11.3 Å². The molecule has 0 radical (unpaired) electrons. The van der Waals surface area contributed by atoms with Crippen LogP contribution in [0.1, 0.15) is 24.6 Å².